The molecule has 0 N–H and O–H groups in total. The zero-order valence-electron chi connectivity index (χ0n) is 9.24. The minimum Gasteiger partial charge on any atom is -0.0883 e. The molecule has 0 amide bonds. The molecule has 0 saturated carbocycles. The van der Waals surface area contributed by atoms with Gasteiger partial charge in [-0.05, 0) is 24.3 Å². The van der Waals surface area contributed by atoms with Gasteiger partial charge < -0.3 is 0 Å². The van der Waals surface area contributed by atoms with Gasteiger partial charge in [0.15, 0.2) is 0 Å². The molecule has 0 spiro atoms. The first kappa shape index (κ1) is 11.0. The number of rotatable bonds is 5. The average molecular weight is 188 g/mol. The Hall–Kier alpha value is -1.04. The largest absolute Gasteiger partial charge is 0.0883 e. The third-order valence-corrected chi connectivity index (χ3v) is 2.32. The highest BCUT2D eigenvalue weighted by Gasteiger charge is 1.97. The summed E-state index contributed by atoms with van der Waals surface area (Å²) in [5.74, 6) is 0.656. The van der Waals surface area contributed by atoms with Crippen molar-refractivity contribution in [1.29, 1.82) is 0 Å². The van der Waals surface area contributed by atoms with Crippen molar-refractivity contribution in [3.05, 3.63) is 48.0 Å². The van der Waals surface area contributed by atoms with Gasteiger partial charge in [0.05, 0.1) is 0 Å². The Bertz CT molecular complexity index is 259. The minimum atomic E-state index is 0.656. The molecule has 1 atom stereocenters. The van der Waals surface area contributed by atoms with Crippen molar-refractivity contribution in [3.8, 4) is 0 Å². The Labute approximate surface area is 87.7 Å². The molecule has 0 heteroatoms. The van der Waals surface area contributed by atoms with Crippen molar-refractivity contribution in [1.82, 2.24) is 0 Å². The first-order valence-corrected chi connectivity index (χ1v) is 5.53. The second-order valence-electron chi connectivity index (χ2n) is 3.88. The van der Waals surface area contributed by atoms with Crippen molar-refractivity contribution in [3.63, 3.8) is 0 Å². The van der Waals surface area contributed by atoms with Gasteiger partial charge in [-0.25, -0.2) is 0 Å². The highest BCUT2D eigenvalue weighted by molar-refractivity contribution is 5.16. The Morgan fingerprint density at radius 1 is 1.21 bits per heavy atom. The molecule has 1 aromatic carbocycles. The number of hydrogen-bond donors (Lipinski definition) is 0. The van der Waals surface area contributed by atoms with E-state index in [0.29, 0.717) is 5.92 Å². The highest BCUT2D eigenvalue weighted by atomic mass is 14.0. The molecule has 0 heterocycles. The first-order valence-electron chi connectivity index (χ1n) is 5.53. The number of hydrogen-bond acceptors (Lipinski definition) is 0. The molecule has 1 rings (SSSR count). The molecule has 0 bridgehead atoms. The van der Waals surface area contributed by atoms with Crippen LogP contribution < -0.4 is 0 Å². The molecule has 14 heavy (non-hydrogen) atoms. The molecule has 1 aromatic rings. The van der Waals surface area contributed by atoms with Gasteiger partial charge in [0, 0.05) is 0 Å². The molecule has 0 aliphatic rings. The van der Waals surface area contributed by atoms with E-state index in [9.17, 15) is 0 Å². The zero-order chi connectivity index (χ0) is 10.2. The number of allylic oxidation sites excluding steroid dienone is 2. The lowest BCUT2D eigenvalue weighted by molar-refractivity contribution is 0.718. The van der Waals surface area contributed by atoms with Crippen LogP contribution in [0.4, 0.5) is 0 Å². The summed E-state index contributed by atoms with van der Waals surface area (Å²) in [5.41, 5.74) is 1.43. The van der Waals surface area contributed by atoms with E-state index in [1.807, 2.05) is 0 Å². The lowest BCUT2D eigenvalue weighted by atomic mass is 10.0. The van der Waals surface area contributed by atoms with E-state index in [4.69, 9.17) is 0 Å². The summed E-state index contributed by atoms with van der Waals surface area (Å²) in [4.78, 5) is 0. The van der Waals surface area contributed by atoms with E-state index in [0.717, 1.165) is 6.42 Å². The maximum atomic E-state index is 2.33. The number of unbranched alkanes of at least 4 members (excludes halogenated alkanes) is 1. The molecule has 0 saturated heterocycles. The minimum absolute atomic E-state index is 0.656. The highest BCUT2D eigenvalue weighted by Crippen LogP contribution is 2.09. The molecular formula is C14H20. The molecular weight excluding hydrogens is 168 g/mol. The molecule has 1 unspecified atom stereocenters. The lowest BCUT2D eigenvalue weighted by Gasteiger charge is -2.05. The van der Waals surface area contributed by atoms with E-state index in [1.54, 1.807) is 0 Å². The van der Waals surface area contributed by atoms with Gasteiger partial charge in [-0.1, -0.05) is 62.8 Å². The SMILES string of the molecule is CCCC=CC(C)Cc1ccccc1. The maximum absolute atomic E-state index is 2.33. The first-order chi connectivity index (χ1) is 6.83. The molecule has 0 nitrogen and oxygen atoms in total. The molecule has 0 radical (unpaired) electrons. The maximum Gasteiger partial charge on any atom is -0.0218 e. The summed E-state index contributed by atoms with van der Waals surface area (Å²) in [6.45, 7) is 4.49. The van der Waals surface area contributed by atoms with Crippen LogP contribution >= 0.6 is 0 Å². The monoisotopic (exact) mass is 188 g/mol. The molecule has 0 aliphatic heterocycles. The normalized spacial score (nSPS) is 13.3. The van der Waals surface area contributed by atoms with Crippen LogP contribution in [-0.4, -0.2) is 0 Å². The van der Waals surface area contributed by atoms with Gasteiger partial charge in [-0.2, -0.15) is 0 Å². The average Bonchev–Trinajstić information content (AvgIpc) is 2.20. The zero-order valence-corrected chi connectivity index (χ0v) is 9.24. The predicted octanol–water partition coefficient (Wildman–Crippen LogP) is 4.22. The van der Waals surface area contributed by atoms with E-state index >= 15 is 0 Å². The Kier molecular flexibility index (Phi) is 5.06. The molecule has 0 aliphatic carbocycles. The smallest absolute Gasteiger partial charge is 0.0218 e. The molecule has 0 fully saturated rings. The summed E-state index contributed by atoms with van der Waals surface area (Å²) in [6, 6.07) is 10.7. The van der Waals surface area contributed by atoms with Gasteiger partial charge in [0.2, 0.25) is 0 Å². The summed E-state index contributed by atoms with van der Waals surface area (Å²) in [7, 11) is 0. The van der Waals surface area contributed by atoms with Crippen molar-refractivity contribution >= 4 is 0 Å². The van der Waals surface area contributed by atoms with Crippen LogP contribution in [-0.2, 0) is 6.42 Å². The summed E-state index contributed by atoms with van der Waals surface area (Å²) >= 11 is 0. The van der Waals surface area contributed by atoms with Crippen LogP contribution in [0, 0.1) is 5.92 Å². The van der Waals surface area contributed by atoms with Gasteiger partial charge in [-0.3, -0.25) is 0 Å². The van der Waals surface area contributed by atoms with E-state index in [2.05, 4.69) is 56.3 Å². The molecule has 76 valence electrons. The fourth-order valence-corrected chi connectivity index (χ4v) is 1.55. The standard InChI is InChI=1S/C14H20/c1-3-4-6-9-13(2)12-14-10-7-5-8-11-14/h5-11,13H,3-4,12H2,1-2H3. The van der Waals surface area contributed by atoms with Gasteiger partial charge >= 0.3 is 0 Å². The summed E-state index contributed by atoms with van der Waals surface area (Å²) < 4.78 is 0. The fourth-order valence-electron chi connectivity index (χ4n) is 1.55. The second kappa shape index (κ2) is 6.42. The summed E-state index contributed by atoms with van der Waals surface area (Å²) in [6.07, 6.45) is 8.23. The van der Waals surface area contributed by atoms with Crippen LogP contribution in [0.15, 0.2) is 42.5 Å². The van der Waals surface area contributed by atoms with Crippen LogP contribution in [0.3, 0.4) is 0 Å². The van der Waals surface area contributed by atoms with Gasteiger partial charge in [0.25, 0.3) is 0 Å². The van der Waals surface area contributed by atoms with E-state index < -0.39 is 0 Å². The second-order valence-corrected chi connectivity index (χ2v) is 3.88. The molecule has 0 aromatic heterocycles. The van der Waals surface area contributed by atoms with E-state index in [-0.39, 0.29) is 0 Å². The van der Waals surface area contributed by atoms with Gasteiger partial charge in [-0.15, -0.1) is 0 Å². The fraction of sp³-hybridized carbons (Fsp3) is 0.429. The van der Waals surface area contributed by atoms with E-state index in [1.165, 1.54) is 18.4 Å². The third-order valence-electron chi connectivity index (χ3n) is 2.32. The third kappa shape index (κ3) is 4.27. The van der Waals surface area contributed by atoms with Crippen molar-refractivity contribution in [2.45, 2.75) is 33.1 Å². The Morgan fingerprint density at radius 3 is 2.57 bits per heavy atom. The van der Waals surface area contributed by atoms with Crippen LogP contribution in [0.25, 0.3) is 0 Å². The van der Waals surface area contributed by atoms with Crippen LogP contribution in [0.5, 0.6) is 0 Å². The van der Waals surface area contributed by atoms with Crippen molar-refractivity contribution in [2.75, 3.05) is 0 Å². The van der Waals surface area contributed by atoms with Gasteiger partial charge in [0.1, 0.15) is 0 Å². The summed E-state index contributed by atoms with van der Waals surface area (Å²) in [5, 5.41) is 0. The van der Waals surface area contributed by atoms with Crippen molar-refractivity contribution < 1.29 is 0 Å². The Balaban J connectivity index is 2.37. The van der Waals surface area contributed by atoms with Crippen LogP contribution in [0.1, 0.15) is 32.3 Å². The Morgan fingerprint density at radius 2 is 1.93 bits per heavy atom. The lowest BCUT2D eigenvalue weighted by Crippen LogP contribution is -1.95. The predicted molar refractivity (Wildman–Crippen MR) is 63.4 cm³/mol. The quantitative estimate of drug-likeness (QED) is 0.607. The van der Waals surface area contributed by atoms with Crippen LogP contribution in [0.2, 0.25) is 0 Å². The topological polar surface area (TPSA) is 0 Å². The van der Waals surface area contributed by atoms with Crippen molar-refractivity contribution in [2.24, 2.45) is 5.92 Å². The number of benzene rings is 1.